The van der Waals surface area contributed by atoms with Gasteiger partial charge < -0.3 is 15.4 Å². The summed E-state index contributed by atoms with van der Waals surface area (Å²) in [6.45, 7) is 7.50. The fraction of sp³-hybridized carbons (Fsp3) is 0.185. The van der Waals surface area contributed by atoms with Gasteiger partial charge in [-0.2, -0.15) is 5.10 Å². The van der Waals surface area contributed by atoms with Crippen molar-refractivity contribution in [2.24, 2.45) is 5.10 Å². The maximum atomic E-state index is 12.2. The summed E-state index contributed by atoms with van der Waals surface area (Å²) in [5.74, 6) is -1.43. The molecule has 3 amide bonds. The second-order valence-corrected chi connectivity index (χ2v) is 8.14. The summed E-state index contributed by atoms with van der Waals surface area (Å²) in [6, 6.07) is 18.2. The molecule has 0 atom stereocenters. The highest BCUT2D eigenvalue weighted by Gasteiger charge is 2.15. The number of carbonyl (C=O) groups excluding carboxylic acids is 3. The topological polar surface area (TPSA) is 109 Å². The van der Waals surface area contributed by atoms with Crippen LogP contribution in [0.15, 0.2) is 65.8 Å². The van der Waals surface area contributed by atoms with E-state index in [0.29, 0.717) is 17.0 Å². The fourth-order valence-electron chi connectivity index (χ4n) is 3.34. The van der Waals surface area contributed by atoms with Crippen LogP contribution in [0.4, 0.5) is 11.4 Å². The summed E-state index contributed by atoms with van der Waals surface area (Å²) in [4.78, 5) is 36.3. The molecule has 180 valence electrons. The zero-order valence-corrected chi connectivity index (χ0v) is 20.1. The number of anilines is 2. The van der Waals surface area contributed by atoms with Crippen molar-refractivity contribution in [2.75, 3.05) is 17.2 Å². The minimum Gasteiger partial charge on any atom is -0.484 e. The van der Waals surface area contributed by atoms with Gasteiger partial charge in [0, 0.05) is 11.4 Å². The molecule has 0 bridgehead atoms. The highest BCUT2D eigenvalue weighted by molar-refractivity contribution is 6.39. The van der Waals surface area contributed by atoms with Crippen LogP contribution in [0.2, 0.25) is 0 Å². The maximum absolute atomic E-state index is 12.2. The van der Waals surface area contributed by atoms with E-state index in [1.165, 1.54) is 6.21 Å². The van der Waals surface area contributed by atoms with E-state index in [1.54, 1.807) is 24.3 Å². The Hall–Kier alpha value is -4.46. The van der Waals surface area contributed by atoms with Crippen LogP contribution in [0.1, 0.15) is 27.8 Å². The zero-order chi connectivity index (χ0) is 25.4. The average Bonchev–Trinajstić information content (AvgIpc) is 2.82. The van der Waals surface area contributed by atoms with Gasteiger partial charge >= 0.3 is 11.8 Å². The minimum absolute atomic E-state index is 0.133. The number of para-hydroxylation sites is 1. The number of hydrogen-bond acceptors (Lipinski definition) is 5. The summed E-state index contributed by atoms with van der Waals surface area (Å²) in [5, 5.41) is 9.26. The maximum Gasteiger partial charge on any atom is 0.329 e. The molecule has 0 aromatic heterocycles. The van der Waals surface area contributed by atoms with Crippen molar-refractivity contribution in [3.05, 3.63) is 88.5 Å². The van der Waals surface area contributed by atoms with Crippen molar-refractivity contribution in [2.45, 2.75) is 27.7 Å². The van der Waals surface area contributed by atoms with Crippen LogP contribution in [-0.4, -0.2) is 30.5 Å². The van der Waals surface area contributed by atoms with Crippen LogP contribution in [0.3, 0.4) is 0 Å². The fourth-order valence-corrected chi connectivity index (χ4v) is 3.34. The van der Waals surface area contributed by atoms with Gasteiger partial charge in [0.15, 0.2) is 6.61 Å². The van der Waals surface area contributed by atoms with Crippen LogP contribution in [0.5, 0.6) is 5.75 Å². The van der Waals surface area contributed by atoms with Gasteiger partial charge in [0.1, 0.15) is 5.75 Å². The van der Waals surface area contributed by atoms with Crippen molar-refractivity contribution >= 4 is 35.3 Å². The Bertz CT molecular complexity index is 1250. The third-order valence-electron chi connectivity index (χ3n) is 5.21. The van der Waals surface area contributed by atoms with E-state index in [0.717, 1.165) is 27.9 Å². The van der Waals surface area contributed by atoms with Crippen molar-refractivity contribution in [3.63, 3.8) is 0 Å². The van der Waals surface area contributed by atoms with Gasteiger partial charge in [-0.05, 0) is 80.3 Å². The first-order chi connectivity index (χ1) is 16.7. The predicted octanol–water partition coefficient (Wildman–Crippen LogP) is 4.03. The van der Waals surface area contributed by atoms with Crippen molar-refractivity contribution in [1.29, 1.82) is 0 Å². The molecule has 0 aliphatic rings. The normalized spacial score (nSPS) is 10.6. The molecule has 35 heavy (non-hydrogen) atoms. The molecular weight excluding hydrogens is 444 g/mol. The van der Waals surface area contributed by atoms with E-state index in [-0.39, 0.29) is 12.5 Å². The number of aryl methyl sites for hydroxylation is 4. The average molecular weight is 473 g/mol. The molecule has 0 aliphatic heterocycles. The Balaban J connectivity index is 1.46. The lowest BCUT2D eigenvalue weighted by Crippen LogP contribution is -2.32. The highest BCUT2D eigenvalue weighted by atomic mass is 16.5. The number of amides is 3. The molecule has 0 saturated heterocycles. The van der Waals surface area contributed by atoms with E-state index in [4.69, 9.17) is 4.74 Å². The predicted molar refractivity (Wildman–Crippen MR) is 137 cm³/mol. The van der Waals surface area contributed by atoms with Crippen LogP contribution >= 0.6 is 0 Å². The van der Waals surface area contributed by atoms with Crippen LogP contribution in [-0.2, 0) is 14.4 Å². The first kappa shape index (κ1) is 25.2. The van der Waals surface area contributed by atoms with Crippen LogP contribution in [0.25, 0.3) is 0 Å². The van der Waals surface area contributed by atoms with Gasteiger partial charge in [-0.15, -0.1) is 0 Å². The Morgan fingerprint density at radius 3 is 2.17 bits per heavy atom. The van der Waals surface area contributed by atoms with Gasteiger partial charge in [-0.25, -0.2) is 5.43 Å². The van der Waals surface area contributed by atoms with Crippen molar-refractivity contribution in [1.82, 2.24) is 5.43 Å². The number of nitrogens with one attached hydrogen (secondary N) is 3. The first-order valence-corrected chi connectivity index (χ1v) is 11.0. The summed E-state index contributed by atoms with van der Waals surface area (Å²) in [6.07, 6.45) is 1.40. The minimum atomic E-state index is -0.876. The lowest BCUT2D eigenvalue weighted by molar-refractivity contribution is -0.136. The van der Waals surface area contributed by atoms with E-state index in [2.05, 4.69) is 21.2 Å². The molecule has 0 unspecified atom stereocenters. The largest absolute Gasteiger partial charge is 0.484 e. The molecule has 3 aromatic carbocycles. The quantitative estimate of drug-likeness (QED) is 0.274. The molecule has 8 heteroatoms. The van der Waals surface area contributed by atoms with E-state index >= 15 is 0 Å². The Morgan fingerprint density at radius 2 is 1.51 bits per heavy atom. The van der Waals surface area contributed by atoms with Crippen molar-refractivity contribution < 1.29 is 19.1 Å². The number of nitrogens with zero attached hydrogens (tertiary/aromatic N) is 1. The molecule has 3 N–H and O–H groups in total. The molecule has 3 rings (SSSR count). The standard InChI is InChI=1S/C27H28N4O4/c1-17-8-13-23(20(4)14-17)29-24(32)16-35-22-11-9-21(10-12-22)15-28-31-27(34)26(33)30-25-18(2)6-5-7-19(25)3/h5-15H,16H2,1-4H3,(H,29,32)(H,30,33)(H,31,34)/b28-15-. The SMILES string of the molecule is Cc1ccc(NC(=O)COc2ccc(/C=N\NC(=O)C(=O)Nc3c(C)cccc3C)cc2)c(C)c1. The summed E-state index contributed by atoms with van der Waals surface area (Å²) >= 11 is 0. The van der Waals surface area contributed by atoms with Crippen LogP contribution < -0.4 is 20.8 Å². The van der Waals surface area contributed by atoms with Gasteiger partial charge in [0.25, 0.3) is 5.91 Å². The number of hydrazone groups is 1. The molecule has 0 radical (unpaired) electrons. The number of rotatable bonds is 7. The molecule has 0 fully saturated rings. The molecule has 3 aromatic rings. The molecule has 8 nitrogen and oxygen atoms in total. The Morgan fingerprint density at radius 1 is 0.829 bits per heavy atom. The van der Waals surface area contributed by atoms with E-state index < -0.39 is 11.8 Å². The molecule has 0 saturated carbocycles. The van der Waals surface area contributed by atoms with Crippen LogP contribution in [0, 0.1) is 27.7 Å². The van der Waals surface area contributed by atoms with E-state index in [1.807, 2.05) is 64.1 Å². The second kappa shape index (κ2) is 11.6. The highest BCUT2D eigenvalue weighted by Crippen LogP contribution is 2.19. The number of benzene rings is 3. The number of carbonyl (C=O) groups is 3. The number of hydrogen-bond donors (Lipinski definition) is 3. The molecule has 0 heterocycles. The second-order valence-electron chi connectivity index (χ2n) is 8.14. The van der Waals surface area contributed by atoms with Crippen molar-refractivity contribution in [3.8, 4) is 5.75 Å². The first-order valence-electron chi connectivity index (χ1n) is 11.0. The monoisotopic (exact) mass is 472 g/mol. The summed E-state index contributed by atoms with van der Waals surface area (Å²) < 4.78 is 5.53. The molecule has 0 spiro atoms. The molecule has 0 aliphatic carbocycles. The van der Waals surface area contributed by atoms with Gasteiger partial charge in [-0.3, -0.25) is 14.4 Å². The molecular formula is C27H28N4O4. The third-order valence-corrected chi connectivity index (χ3v) is 5.21. The smallest absolute Gasteiger partial charge is 0.329 e. The summed E-state index contributed by atoms with van der Waals surface area (Å²) in [7, 11) is 0. The summed E-state index contributed by atoms with van der Waals surface area (Å²) in [5.41, 5.74) is 8.07. The Labute approximate surface area is 204 Å². The van der Waals surface area contributed by atoms with Gasteiger partial charge in [0.2, 0.25) is 0 Å². The van der Waals surface area contributed by atoms with E-state index in [9.17, 15) is 14.4 Å². The van der Waals surface area contributed by atoms with Gasteiger partial charge in [0.05, 0.1) is 6.21 Å². The zero-order valence-electron chi connectivity index (χ0n) is 20.1. The van der Waals surface area contributed by atoms with Gasteiger partial charge in [-0.1, -0.05) is 35.9 Å². The Kier molecular flexibility index (Phi) is 8.34. The third kappa shape index (κ3) is 7.26. The lowest BCUT2D eigenvalue weighted by atomic mass is 10.1. The number of ether oxygens (including phenoxy) is 1. The lowest BCUT2D eigenvalue weighted by Gasteiger charge is -2.10.